The smallest absolute Gasteiger partial charge is 0.409 e. The molecule has 0 saturated carbocycles. The minimum atomic E-state index is -1.26. The van der Waals surface area contributed by atoms with Gasteiger partial charge < -0.3 is 19.6 Å². The van der Waals surface area contributed by atoms with Gasteiger partial charge in [0, 0.05) is 19.6 Å². The largest absolute Gasteiger partial charge is 0.448 e. The molecule has 1 aliphatic heterocycles. The van der Waals surface area contributed by atoms with Crippen molar-refractivity contribution < 1.29 is 23.4 Å². The third kappa shape index (κ3) is 3.89. The van der Waals surface area contributed by atoms with E-state index in [9.17, 15) is 18.7 Å². The molecule has 1 fully saturated rings. The first-order chi connectivity index (χ1) is 9.99. The average Bonchev–Trinajstić information content (AvgIpc) is 2.81. The number of cyclic esters (lactones) is 1. The molecule has 1 aliphatic rings. The number of carbonyl (C=O) groups is 1. The van der Waals surface area contributed by atoms with Crippen molar-refractivity contribution in [1.29, 1.82) is 0 Å². The van der Waals surface area contributed by atoms with E-state index in [1.54, 1.807) is 16.8 Å². The zero-order valence-corrected chi connectivity index (χ0v) is 11.8. The van der Waals surface area contributed by atoms with E-state index in [0.717, 1.165) is 12.1 Å². The van der Waals surface area contributed by atoms with Crippen molar-refractivity contribution >= 4 is 6.09 Å². The van der Waals surface area contributed by atoms with Crippen molar-refractivity contribution in [2.45, 2.75) is 6.10 Å². The topological polar surface area (TPSA) is 53.0 Å². The first-order valence-corrected chi connectivity index (χ1v) is 6.71. The Morgan fingerprint density at radius 3 is 2.67 bits per heavy atom. The Balaban J connectivity index is 1.87. The van der Waals surface area contributed by atoms with Crippen molar-refractivity contribution in [2.75, 3.05) is 39.8 Å². The molecule has 1 aromatic carbocycles. The molecule has 0 bridgehead atoms. The number of hydrogen-bond donors (Lipinski definition) is 1. The summed E-state index contributed by atoms with van der Waals surface area (Å²) >= 11 is 0. The lowest BCUT2D eigenvalue weighted by Gasteiger charge is -2.23. The number of likely N-dealkylation sites (N-methyl/N-ethyl adjacent to an activating group) is 1. The normalized spacial score (nSPS) is 16.4. The van der Waals surface area contributed by atoms with E-state index < -0.39 is 17.7 Å². The van der Waals surface area contributed by atoms with E-state index in [0.29, 0.717) is 26.2 Å². The molecule has 7 heteroatoms. The van der Waals surface area contributed by atoms with Crippen molar-refractivity contribution in [3.8, 4) is 0 Å². The molecule has 0 aliphatic carbocycles. The van der Waals surface area contributed by atoms with Crippen LogP contribution in [0.3, 0.4) is 0 Å². The van der Waals surface area contributed by atoms with Crippen LogP contribution in [0.4, 0.5) is 13.6 Å². The molecule has 116 valence electrons. The van der Waals surface area contributed by atoms with Crippen LogP contribution in [-0.2, 0) is 4.74 Å². The molecule has 0 aromatic heterocycles. The SMILES string of the molecule is CN(CCN1CCOC1=O)CC(O)c1c(F)cccc1F. The number of nitrogens with zero attached hydrogens (tertiary/aromatic N) is 2. The highest BCUT2D eigenvalue weighted by Crippen LogP contribution is 2.21. The van der Waals surface area contributed by atoms with Gasteiger partial charge in [0.05, 0.1) is 18.2 Å². The predicted octanol–water partition coefficient (Wildman–Crippen LogP) is 1.38. The molecule has 1 amide bonds. The second-order valence-electron chi connectivity index (χ2n) is 5.01. The molecule has 1 heterocycles. The lowest BCUT2D eigenvalue weighted by molar-refractivity contribution is 0.114. The molecule has 1 unspecified atom stereocenters. The Morgan fingerprint density at radius 1 is 1.43 bits per heavy atom. The summed E-state index contributed by atoms with van der Waals surface area (Å²) in [6, 6.07) is 3.48. The Kier molecular flexibility index (Phi) is 5.08. The maximum atomic E-state index is 13.5. The van der Waals surface area contributed by atoms with E-state index in [2.05, 4.69) is 0 Å². The third-order valence-electron chi connectivity index (χ3n) is 3.41. The quantitative estimate of drug-likeness (QED) is 0.862. The van der Waals surface area contributed by atoms with Gasteiger partial charge in [0.25, 0.3) is 0 Å². The number of benzene rings is 1. The summed E-state index contributed by atoms with van der Waals surface area (Å²) in [6.07, 6.45) is -1.62. The van der Waals surface area contributed by atoms with Gasteiger partial charge in [-0.3, -0.25) is 0 Å². The first-order valence-electron chi connectivity index (χ1n) is 6.71. The van der Waals surface area contributed by atoms with Crippen LogP contribution >= 0.6 is 0 Å². The maximum absolute atomic E-state index is 13.5. The molecule has 1 aromatic rings. The van der Waals surface area contributed by atoms with Crippen LogP contribution in [0.2, 0.25) is 0 Å². The van der Waals surface area contributed by atoms with Crippen LogP contribution in [0, 0.1) is 11.6 Å². The highest BCUT2D eigenvalue weighted by molar-refractivity contribution is 5.69. The molecule has 21 heavy (non-hydrogen) atoms. The van der Waals surface area contributed by atoms with Crippen molar-refractivity contribution in [1.82, 2.24) is 9.80 Å². The van der Waals surface area contributed by atoms with Crippen molar-refractivity contribution in [2.24, 2.45) is 0 Å². The van der Waals surface area contributed by atoms with Crippen LogP contribution in [0.5, 0.6) is 0 Å². The number of halogens is 2. The number of aliphatic hydroxyl groups excluding tert-OH is 1. The van der Waals surface area contributed by atoms with Crippen molar-refractivity contribution in [3.05, 3.63) is 35.4 Å². The van der Waals surface area contributed by atoms with E-state index in [-0.39, 0.29) is 18.2 Å². The van der Waals surface area contributed by atoms with E-state index in [1.807, 2.05) is 0 Å². The number of carbonyl (C=O) groups excluding carboxylic acids is 1. The number of rotatable bonds is 6. The Labute approximate surface area is 121 Å². The summed E-state index contributed by atoms with van der Waals surface area (Å²) in [5, 5.41) is 9.97. The lowest BCUT2D eigenvalue weighted by Crippen LogP contribution is -2.35. The van der Waals surface area contributed by atoms with Gasteiger partial charge in [-0.15, -0.1) is 0 Å². The van der Waals surface area contributed by atoms with Gasteiger partial charge in [-0.1, -0.05) is 6.07 Å². The monoisotopic (exact) mass is 300 g/mol. The molecule has 5 nitrogen and oxygen atoms in total. The molecular formula is C14H18F2N2O3. The van der Waals surface area contributed by atoms with Gasteiger partial charge in [-0.05, 0) is 19.2 Å². The third-order valence-corrected chi connectivity index (χ3v) is 3.41. The van der Waals surface area contributed by atoms with Gasteiger partial charge in [0.1, 0.15) is 18.2 Å². The predicted molar refractivity (Wildman–Crippen MR) is 71.7 cm³/mol. The van der Waals surface area contributed by atoms with Gasteiger partial charge in [0.15, 0.2) is 0 Å². The zero-order chi connectivity index (χ0) is 15.4. The zero-order valence-electron chi connectivity index (χ0n) is 11.8. The summed E-state index contributed by atoms with van der Waals surface area (Å²) in [6.45, 7) is 1.91. The lowest BCUT2D eigenvalue weighted by atomic mass is 10.1. The second-order valence-corrected chi connectivity index (χ2v) is 5.01. The van der Waals surface area contributed by atoms with E-state index >= 15 is 0 Å². The Hall–Kier alpha value is -1.73. The van der Waals surface area contributed by atoms with Gasteiger partial charge in [-0.2, -0.15) is 0 Å². The minimum Gasteiger partial charge on any atom is -0.448 e. The van der Waals surface area contributed by atoms with E-state index in [1.165, 1.54) is 6.07 Å². The van der Waals surface area contributed by atoms with E-state index in [4.69, 9.17) is 4.74 Å². The van der Waals surface area contributed by atoms with Crippen LogP contribution in [0.1, 0.15) is 11.7 Å². The molecule has 1 atom stereocenters. The summed E-state index contributed by atoms with van der Waals surface area (Å²) < 4.78 is 31.9. The van der Waals surface area contributed by atoms with Gasteiger partial charge >= 0.3 is 6.09 Å². The first kappa shape index (κ1) is 15.7. The summed E-state index contributed by atoms with van der Waals surface area (Å²) in [7, 11) is 1.71. The molecular weight excluding hydrogens is 282 g/mol. The van der Waals surface area contributed by atoms with Crippen LogP contribution in [0.25, 0.3) is 0 Å². The molecule has 0 spiro atoms. The number of aliphatic hydroxyl groups is 1. The molecule has 0 radical (unpaired) electrons. The fourth-order valence-electron chi connectivity index (χ4n) is 2.23. The molecule has 1 saturated heterocycles. The van der Waals surface area contributed by atoms with Crippen molar-refractivity contribution in [3.63, 3.8) is 0 Å². The van der Waals surface area contributed by atoms with Crippen LogP contribution in [0.15, 0.2) is 18.2 Å². The summed E-state index contributed by atoms with van der Waals surface area (Å²) in [5.41, 5.74) is -0.329. The Morgan fingerprint density at radius 2 is 2.10 bits per heavy atom. The highest BCUT2D eigenvalue weighted by Gasteiger charge is 2.23. The molecule has 2 rings (SSSR count). The fraction of sp³-hybridized carbons (Fsp3) is 0.500. The van der Waals surface area contributed by atoms with Gasteiger partial charge in [0.2, 0.25) is 0 Å². The fourth-order valence-corrected chi connectivity index (χ4v) is 2.23. The van der Waals surface area contributed by atoms with Crippen LogP contribution < -0.4 is 0 Å². The second kappa shape index (κ2) is 6.82. The summed E-state index contributed by atoms with van der Waals surface area (Å²) in [5.74, 6) is -1.53. The summed E-state index contributed by atoms with van der Waals surface area (Å²) in [4.78, 5) is 14.5. The maximum Gasteiger partial charge on any atom is 0.409 e. The number of amides is 1. The standard InChI is InChI=1S/C14H18F2N2O3/c1-17(5-6-18-7-8-21-14(18)20)9-12(19)13-10(15)3-2-4-11(13)16/h2-4,12,19H,5-9H2,1H3. The van der Waals surface area contributed by atoms with Crippen LogP contribution in [-0.4, -0.2) is 60.8 Å². The number of hydrogen-bond acceptors (Lipinski definition) is 4. The average molecular weight is 300 g/mol. The number of ether oxygens (including phenoxy) is 1. The highest BCUT2D eigenvalue weighted by atomic mass is 19.1. The molecule has 1 N–H and O–H groups in total. The minimum absolute atomic E-state index is 0.0702. The Bertz CT molecular complexity index is 493. The van der Waals surface area contributed by atoms with Gasteiger partial charge in [-0.25, -0.2) is 13.6 Å².